The largest absolute Gasteiger partial charge is 0.508 e. The molecule has 0 aliphatic carbocycles. The van der Waals surface area contributed by atoms with Crippen LogP contribution in [0.2, 0.25) is 0 Å². The highest BCUT2D eigenvalue weighted by Gasteiger charge is 2.42. The average Bonchev–Trinajstić information content (AvgIpc) is 4.27. The molecule has 2 aromatic heterocycles. The Balaban J connectivity index is 1.26. The van der Waals surface area contributed by atoms with Crippen molar-refractivity contribution in [3.05, 3.63) is 66.3 Å². The van der Waals surface area contributed by atoms with Crippen molar-refractivity contribution in [1.29, 1.82) is 0 Å². The van der Waals surface area contributed by atoms with Gasteiger partial charge in [0.1, 0.15) is 60.1 Å². The summed E-state index contributed by atoms with van der Waals surface area (Å²) >= 11 is 0. The molecule has 2 fully saturated rings. The molecule has 5 rings (SSSR count). The number of likely N-dealkylation sites (tertiary alicyclic amines) is 2. The molecule has 15 N–H and O–H groups in total. The molecule has 414 valence electrons. The van der Waals surface area contributed by atoms with Gasteiger partial charge in [-0.3, -0.25) is 43.2 Å². The number of hydrogen-bond donors (Lipinski definition) is 14. The normalized spacial score (nSPS) is 18.3. The number of nitrogens with one attached hydrogen (secondary N) is 9. The van der Waals surface area contributed by atoms with Crippen LogP contribution in [0.1, 0.15) is 69.8 Å². The zero-order valence-electron chi connectivity index (χ0n) is 42.3. The van der Waals surface area contributed by atoms with Gasteiger partial charge in [0.15, 0.2) is 0 Å². The molecule has 4 heterocycles. The summed E-state index contributed by atoms with van der Waals surface area (Å²) < 4.78 is 0. The zero-order valence-corrected chi connectivity index (χ0v) is 42.3. The van der Waals surface area contributed by atoms with Crippen LogP contribution in [-0.2, 0) is 67.2 Å². The first-order chi connectivity index (χ1) is 36.2. The van der Waals surface area contributed by atoms with Gasteiger partial charge >= 0.3 is 5.97 Å². The molecule has 1 aromatic carbocycles. The van der Waals surface area contributed by atoms with Crippen LogP contribution >= 0.6 is 0 Å². The minimum atomic E-state index is -1.61. The summed E-state index contributed by atoms with van der Waals surface area (Å²) in [6.45, 7) is 2.89. The Morgan fingerprint density at radius 2 is 1.20 bits per heavy atom. The molecule has 0 bridgehead atoms. The van der Waals surface area contributed by atoms with Crippen molar-refractivity contribution in [2.45, 2.75) is 127 Å². The van der Waals surface area contributed by atoms with Gasteiger partial charge in [-0.25, -0.2) is 14.8 Å². The second kappa shape index (κ2) is 28.1. The topological polar surface area (TPSA) is 426 Å². The fraction of sp³-hybridized carbons (Fsp3) is 0.542. The number of amides is 9. The summed E-state index contributed by atoms with van der Waals surface area (Å²) in [6.07, 6.45) is 6.80. The number of carbonyl (C=O) groups excluding carboxylic acids is 9. The summed E-state index contributed by atoms with van der Waals surface area (Å²) in [7, 11) is 0. The van der Waals surface area contributed by atoms with Gasteiger partial charge in [-0.15, -0.1) is 0 Å². The third kappa shape index (κ3) is 16.3. The van der Waals surface area contributed by atoms with Gasteiger partial charge in [0.05, 0.1) is 32.4 Å². The van der Waals surface area contributed by atoms with E-state index in [-0.39, 0.29) is 50.9 Å². The molecule has 76 heavy (non-hydrogen) atoms. The third-order valence-electron chi connectivity index (χ3n) is 13.2. The van der Waals surface area contributed by atoms with Crippen LogP contribution < -0.4 is 43.0 Å². The monoisotopic (exact) mass is 1060 g/mol. The average molecular weight is 1070 g/mol. The Morgan fingerprint density at radius 1 is 0.671 bits per heavy atom. The fourth-order valence-corrected chi connectivity index (χ4v) is 8.67. The predicted octanol–water partition coefficient (Wildman–Crippen LogP) is -4.66. The van der Waals surface area contributed by atoms with Crippen molar-refractivity contribution < 1.29 is 68.4 Å². The first-order valence-electron chi connectivity index (χ1n) is 24.9. The number of aliphatic hydroxyl groups is 2. The molecule has 0 radical (unpaired) electrons. The van der Waals surface area contributed by atoms with Crippen molar-refractivity contribution in [2.75, 3.05) is 32.8 Å². The maximum Gasteiger partial charge on any atom is 0.328 e. The van der Waals surface area contributed by atoms with Crippen LogP contribution in [-0.4, -0.2) is 197 Å². The Hall–Kier alpha value is -7.98. The van der Waals surface area contributed by atoms with Gasteiger partial charge < -0.3 is 83.1 Å². The highest BCUT2D eigenvalue weighted by molar-refractivity contribution is 5.98. The van der Waals surface area contributed by atoms with Crippen LogP contribution in [0.3, 0.4) is 0 Å². The molecule has 3 aromatic rings. The van der Waals surface area contributed by atoms with Crippen LogP contribution in [0.4, 0.5) is 0 Å². The van der Waals surface area contributed by atoms with E-state index in [1.165, 1.54) is 66.0 Å². The van der Waals surface area contributed by atoms with E-state index in [0.29, 0.717) is 36.2 Å². The number of carboxylic acid groups (broad SMARTS) is 1. The number of benzene rings is 1. The number of aromatic nitrogens is 4. The number of H-pyrrole nitrogens is 2. The number of nitrogens with two attached hydrogens (primary N) is 1. The van der Waals surface area contributed by atoms with Gasteiger partial charge in [-0.05, 0) is 56.2 Å². The van der Waals surface area contributed by atoms with E-state index in [4.69, 9.17) is 5.73 Å². The zero-order chi connectivity index (χ0) is 55.6. The SMILES string of the molecule is CC[C@H](C)[C@H](NC(=O)[C@H](Cc1ccc(O)cc1)NC(=O)CNC(=O)[C@H](Cc1cnc[nH]1)NC(=O)[C@H](C)NC(=O)[C@H](Cc1cnc[nH]1)NC(=O)[C@@H]1CCCN1C(=O)[C@@H](N)CO)C(=O)N1CCC[C@H]1C(=O)N[C@@H](CO)C(=O)O. The number of phenolic OH excluding ortho intramolecular Hbond substituents is 1. The Bertz CT molecular complexity index is 2490. The predicted molar refractivity (Wildman–Crippen MR) is 265 cm³/mol. The molecule has 2 saturated heterocycles. The summed E-state index contributed by atoms with van der Waals surface area (Å²) in [5.74, 6) is -8.98. The lowest BCUT2D eigenvalue weighted by molar-refractivity contribution is -0.146. The van der Waals surface area contributed by atoms with Crippen LogP contribution in [0.5, 0.6) is 5.75 Å². The van der Waals surface area contributed by atoms with Gasteiger partial charge in [-0.2, -0.15) is 0 Å². The number of phenols is 1. The van der Waals surface area contributed by atoms with E-state index >= 15 is 0 Å². The second-order valence-electron chi connectivity index (χ2n) is 18.7. The van der Waals surface area contributed by atoms with Crippen molar-refractivity contribution >= 4 is 59.1 Å². The van der Waals surface area contributed by atoms with Gasteiger partial charge in [0.2, 0.25) is 53.2 Å². The number of aliphatic carboxylic acids is 1. The Kier molecular flexibility index (Phi) is 21.8. The van der Waals surface area contributed by atoms with E-state index in [0.717, 1.165) is 0 Å². The third-order valence-corrected chi connectivity index (χ3v) is 13.2. The molecule has 28 heteroatoms. The molecule has 0 unspecified atom stereocenters. The van der Waals surface area contributed by atoms with Crippen molar-refractivity contribution in [2.24, 2.45) is 11.7 Å². The quantitative estimate of drug-likeness (QED) is 0.0341. The molecule has 9 amide bonds. The maximum absolute atomic E-state index is 14.2. The molecule has 2 aliphatic rings. The lowest BCUT2D eigenvalue weighted by Gasteiger charge is -2.32. The lowest BCUT2D eigenvalue weighted by atomic mass is 9.96. The number of carbonyl (C=O) groups is 10. The first-order valence-corrected chi connectivity index (χ1v) is 24.9. The maximum atomic E-state index is 14.2. The van der Waals surface area contributed by atoms with Gasteiger partial charge in [0, 0.05) is 56.1 Å². The number of aromatic amines is 2. The molecule has 0 spiro atoms. The minimum absolute atomic E-state index is 0.0725. The number of aliphatic hydroxyl groups excluding tert-OH is 2. The van der Waals surface area contributed by atoms with E-state index in [2.05, 4.69) is 57.2 Å². The highest BCUT2D eigenvalue weighted by atomic mass is 16.4. The number of aromatic hydroxyl groups is 1. The fourth-order valence-electron chi connectivity index (χ4n) is 8.67. The van der Waals surface area contributed by atoms with Gasteiger partial charge in [-0.1, -0.05) is 32.4 Å². The van der Waals surface area contributed by atoms with Crippen molar-refractivity contribution in [1.82, 2.24) is 67.0 Å². The number of rotatable bonds is 27. The molecule has 28 nitrogen and oxygen atoms in total. The molecule has 2 aliphatic heterocycles. The second-order valence-corrected chi connectivity index (χ2v) is 18.7. The molecular weight excluding hydrogens is 997 g/mol. The first kappa shape index (κ1) is 58.9. The lowest BCUT2D eigenvalue weighted by Crippen LogP contribution is -2.60. The van der Waals surface area contributed by atoms with E-state index in [9.17, 15) is 68.4 Å². The van der Waals surface area contributed by atoms with Crippen LogP contribution in [0.15, 0.2) is 49.3 Å². The molecule has 10 atom stereocenters. The van der Waals surface area contributed by atoms with Crippen LogP contribution in [0.25, 0.3) is 0 Å². The summed E-state index contributed by atoms with van der Waals surface area (Å²) in [4.78, 5) is 151. The summed E-state index contributed by atoms with van der Waals surface area (Å²) in [5.41, 5.74) is 7.08. The van der Waals surface area contributed by atoms with E-state index in [1.54, 1.807) is 13.8 Å². The standard InChI is InChI=1S/C48H68N14O14/c1-4-25(2)39(47(74)62-14-6-8-37(62)45(72)59-35(22-64)48(75)76)60-43(70)32(15-27-9-11-30(65)12-10-27)56-38(66)20-52-41(68)33(16-28-18-50-23-53-28)57-40(67)26(3)55-42(69)34(17-29-19-51-24-54-29)58-44(71)36-7-5-13-61(36)46(73)31(49)21-63/h9-12,18-19,23-26,31-37,39,63-65H,4-8,13-17,20-22,49H2,1-3H3,(H,50,53)(H,51,54)(H,52,68)(H,55,69)(H,56,66)(H,57,67)(H,58,71)(H,59,72)(H,60,70)(H,75,76)/t25-,26-,31-,32-,33-,34-,35-,36-,37-,39-/m0/s1. The number of hydrogen-bond acceptors (Lipinski definition) is 16. The smallest absolute Gasteiger partial charge is 0.328 e. The number of carboxylic acids is 1. The number of nitrogens with zero attached hydrogens (tertiary/aromatic N) is 4. The molecular formula is C48H68N14O14. The van der Waals surface area contributed by atoms with E-state index < -0.39 is 139 Å². The van der Waals surface area contributed by atoms with Crippen molar-refractivity contribution in [3.63, 3.8) is 0 Å². The van der Waals surface area contributed by atoms with Gasteiger partial charge in [0.25, 0.3) is 0 Å². The molecule has 0 saturated carbocycles. The van der Waals surface area contributed by atoms with Crippen molar-refractivity contribution in [3.8, 4) is 5.75 Å². The van der Waals surface area contributed by atoms with E-state index in [1.807, 2.05) is 0 Å². The minimum Gasteiger partial charge on any atom is -0.508 e. The van der Waals surface area contributed by atoms with Crippen LogP contribution in [0, 0.1) is 5.92 Å². The number of imidazole rings is 2. The summed E-state index contributed by atoms with van der Waals surface area (Å²) in [6, 6.07) is -5.78. The Labute approximate surface area is 436 Å². The highest BCUT2D eigenvalue weighted by Crippen LogP contribution is 2.23. The Morgan fingerprint density at radius 3 is 1.71 bits per heavy atom. The summed E-state index contributed by atoms with van der Waals surface area (Å²) in [5, 5.41) is 56.0.